The summed E-state index contributed by atoms with van der Waals surface area (Å²) in [6, 6.07) is 7.79. The number of carboxylic acid groups (broad SMARTS) is 1. The topological polar surface area (TPSA) is 144 Å². The standard InChI is InChI=1S/C29H36N6O6/c36-26(37)18-23(22-5-2-8-30-19-22)31-28(39)21-6-7-25(24(17-21)32-27(38)20-3-1-4-20)33-9-11-34(12-10-33)29(40)35-13-15-41-16-14-35/h2,5-8,17,19-20,23H,1,3-4,9-16,18H2,(H,31,39)(H,32,38)(H,36,37). The van der Waals surface area contributed by atoms with Crippen LogP contribution >= 0.6 is 0 Å². The maximum Gasteiger partial charge on any atom is 0.320 e. The van der Waals surface area contributed by atoms with Gasteiger partial charge >= 0.3 is 12.0 Å². The molecule has 41 heavy (non-hydrogen) atoms. The minimum absolute atomic E-state index is 0.0167. The number of pyridine rings is 1. The van der Waals surface area contributed by atoms with E-state index < -0.39 is 17.9 Å². The van der Waals surface area contributed by atoms with Crippen molar-refractivity contribution in [2.75, 3.05) is 62.7 Å². The van der Waals surface area contributed by atoms with E-state index in [-0.39, 0.29) is 24.3 Å². The van der Waals surface area contributed by atoms with Crippen LogP contribution in [-0.4, -0.2) is 96.2 Å². The minimum Gasteiger partial charge on any atom is -0.481 e. The summed E-state index contributed by atoms with van der Waals surface area (Å²) in [4.78, 5) is 60.5. The monoisotopic (exact) mass is 564 g/mol. The highest BCUT2D eigenvalue weighted by Crippen LogP contribution is 2.32. The zero-order valence-electron chi connectivity index (χ0n) is 23.0. The number of carbonyl (C=O) groups is 4. The number of nitrogens with one attached hydrogen (secondary N) is 2. The van der Waals surface area contributed by atoms with Crippen molar-refractivity contribution < 1.29 is 29.0 Å². The Balaban J connectivity index is 1.32. The second kappa shape index (κ2) is 13.0. The number of carboxylic acids is 1. The van der Waals surface area contributed by atoms with Crippen molar-refractivity contribution in [3.63, 3.8) is 0 Å². The van der Waals surface area contributed by atoms with Gasteiger partial charge in [-0.05, 0) is 42.7 Å². The summed E-state index contributed by atoms with van der Waals surface area (Å²) in [6.07, 6.45) is 5.51. The van der Waals surface area contributed by atoms with Gasteiger partial charge in [-0.1, -0.05) is 12.5 Å². The quantitative estimate of drug-likeness (QED) is 0.443. The zero-order valence-corrected chi connectivity index (χ0v) is 23.0. The molecule has 2 aliphatic heterocycles. The largest absolute Gasteiger partial charge is 0.481 e. The third-order valence-corrected chi connectivity index (χ3v) is 7.94. The predicted molar refractivity (Wildman–Crippen MR) is 151 cm³/mol. The number of urea groups is 1. The van der Waals surface area contributed by atoms with Crippen LogP contribution in [0.1, 0.15) is 47.6 Å². The molecule has 0 bridgehead atoms. The van der Waals surface area contributed by atoms with Crippen LogP contribution in [0.25, 0.3) is 0 Å². The highest BCUT2D eigenvalue weighted by atomic mass is 16.5. The van der Waals surface area contributed by atoms with E-state index in [1.165, 1.54) is 6.20 Å². The SMILES string of the molecule is O=C(O)CC(NC(=O)c1ccc(N2CCN(C(=O)N3CCOCC3)CC2)c(NC(=O)C2CCC2)c1)c1cccnc1. The Bertz CT molecular complexity index is 1260. The Kier molecular flexibility index (Phi) is 8.98. The molecule has 0 spiro atoms. The van der Waals surface area contributed by atoms with Crippen molar-refractivity contribution in [3.8, 4) is 0 Å². The molecule has 3 N–H and O–H groups in total. The van der Waals surface area contributed by atoms with Gasteiger partial charge in [0.15, 0.2) is 0 Å². The fraction of sp³-hybridized carbons (Fsp3) is 0.483. The fourth-order valence-electron chi connectivity index (χ4n) is 5.30. The summed E-state index contributed by atoms with van der Waals surface area (Å²) in [5.74, 6) is -1.62. The molecule has 3 aliphatic rings. The summed E-state index contributed by atoms with van der Waals surface area (Å²) in [5, 5.41) is 15.3. The van der Waals surface area contributed by atoms with Gasteiger partial charge in [0, 0.05) is 63.1 Å². The fourth-order valence-corrected chi connectivity index (χ4v) is 5.30. The van der Waals surface area contributed by atoms with Crippen LogP contribution in [0.3, 0.4) is 0 Å². The van der Waals surface area contributed by atoms with E-state index in [1.54, 1.807) is 36.5 Å². The molecule has 2 aromatic rings. The van der Waals surface area contributed by atoms with Crippen LogP contribution in [0.2, 0.25) is 0 Å². The van der Waals surface area contributed by atoms with Gasteiger partial charge in [-0.3, -0.25) is 19.4 Å². The molecule has 1 aliphatic carbocycles. The number of benzene rings is 1. The number of ether oxygens (including phenoxy) is 1. The Labute approximate surface area is 238 Å². The number of anilines is 2. The van der Waals surface area contributed by atoms with E-state index >= 15 is 0 Å². The third kappa shape index (κ3) is 6.94. The molecule has 1 aromatic carbocycles. The Hall–Kier alpha value is -4.19. The maximum atomic E-state index is 13.3. The van der Waals surface area contributed by atoms with Crippen molar-refractivity contribution >= 4 is 35.2 Å². The van der Waals surface area contributed by atoms with Gasteiger partial charge < -0.3 is 35.2 Å². The zero-order chi connectivity index (χ0) is 28.8. The van der Waals surface area contributed by atoms with Crippen molar-refractivity contribution in [2.24, 2.45) is 5.92 Å². The number of morpholine rings is 1. The second-order valence-electron chi connectivity index (χ2n) is 10.6. The summed E-state index contributed by atoms with van der Waals surface area (Å²) in [6.45, 7) is 4.52. The van der Waals surface area contributed by atoms with E-state index in [9.17, 15) is 24.3 Å². The molecule has 12 nitrogen and oxygen atoms in total. The second-order valence-corrected chi connectivity index (χ2v) is 10.6. The van der Waals surface area contributed by atoms with Gasteiger partial charge in [0.25, 0.3) is 5.91 Å². The minimum atomic E-state index is -1.05. The molecule has 1 atom stereocenters. The average Bonchev–Trinajstić information content (AvgIpc) is 2.96. The van der Waals surface area contributed by atoms with Crippen molar-refractivity contribution in [1.82, 2.24) is 20.1 Å². The molecule has 5 rings (SSSR count). The number of rotatable bonds is 8. The lowest BCUT2D eigenvalue weighted by Gasteiger charge is -2.40. The Morgan fingerprint density at radius 3 is 2.37 bits per heavy atom. The molecular formula is C29H36N6O6. The third-order valence-electron chi connectivity index (χ3n) is 7.94. The Morgan fingerprint density at radius 1 is 1.00 bits per heavy atom. The summed E-state index contributed by atoms with van der Waals surface area (Å²) < 4.78 is 5.36. The predicted octanol–water partition coefficient (Wildman–Crippen LogP) is 2.34. The summed E-state index contributed by atoms with van der Waals surface area (Å²) >= 11 is 0. The van der Waals surface area contributed by atoms with Crippen molar-refractivity contribution in [3.05, 3.63) is 53.9 Å². The molecule has 1 saturated carbocycles. The van der Waals surface area contributed by atoms with Crippen LogP contribution in [-0.2, 0) is 14.3 Å². The number of aromatic nitrogens is 1. The number of hydrogen-bond acceptors (Lipinski definition) is 7. The molecular weight excluding hydrogens is 528 g/mol. The first-order valence-corrected chi connectivity index (χ1v) is 14.1. The van der Waals surface area contributed by atoms with Gasteiger partial charge in [-0.15, -0.1) is 0 Å². The molecule has 4 amide bonds. The molecule has 3 heterocycles. The summed E-state index contributed by atoms with van der Waals surface area (Å²) in [5.41, 5.74) is 2.20. The lowest BCUT2D eigenvalue weighted by atomic mass is 9.85. The number of carbonyl (C=O) groups excluding carboxylic acids is 3. The van der Waals surface area contributed by atoms with E-state index in [4.69, 9.17) is 4.74 Å². The molecule has 218 valence electrons. The lowest BCUT2D eigenvalue weighted by molar-refractivity contribution is -0.137. The number of nitrogens with zero attached hydrogens (tertiary/aromatic N) is 4. The van der Waals surface area contributed by atoms with Gasteiger partial charge in [-0.25, -0.2) is 4.79 Å². The molecule has 1 aromatic heterocycles. The van der Waals surface area contributed by atoms with Crippen LogP contribution in [0, 0.1) is 5.92 Å². The number of amides is 4. The van der Waals surface area contributed by atoms with Gasteiger partial charge in [0.1, 0.15) is 0 Å². The number of hydrogen-bond donors (Lipinski definition) is 3. The first-order valence-electron chi connectivity index (χ1n) is 14.1. The smallest absolute Gasteiger partial charge is 0.320 e. The normalized spacial score (nSPS) is 18.3. The number of aliphatic carboxylic acids is 1. The number of piperazine rings is 1. The lowest BCUT2D eigenvalue weighted by Crippen LogP contribution is -2.55. The van der Waals surface area contributed by atoms with E-state index in [0.29, 0.717) is 69.3 Å². The molecule has 3 fully saturated rings. The molecule has 1 unspecified atom stereocenters. The van der Waals surface area contributed by atoms with Gasteiger partial charge in [0.2, 0.25) is 5.91 Å². The van der Waals surface area contributed by atoms with Gasteiger partial charge in [-0.2, -0.15) is 0 Å². The van der Waals surface area contributed by atoms with E-state index in [1.807, 2.05) is 9.80 Å². The van der Waals surface area contributed by atoms with Crippen molar-refractivity contribution in [1.29, 1.82) is 0 Å². The maximum absolute atomic E-state index is 13.3. The highest BCUT2D eigenvalue weighted by molar-refractivity contribution is 6.01. The van der Waals surface area contributed by atoms with Crippen LogP contribution in [0.5, 0.6) is 0 Å². The first-order chi connectivity index (χ1) is 19.9. The molecule has 0 radical (unpaired) electrons. The van der Waals surface area contributed by atoms with Crippen LogP contribution in [0.4, 0.5) is 16.2 Å². The average molecular weight is 565 g/mol. The van der Waals surface area contributed by atoms with E-state index in [0.717, 1.165) is 24.9 Å². The highest BCUT2D eigenvalue weighted by Gasteiger charge is 2.30. The van der Waals surface area contributed by atoms with Crippen LogP contribution < -0.4 is 15.5 Å². The van der Waals surface area contributed by atoms with Crippen molar-refractivity contribution in [2.45, 2.75) is 31.7 Å². The molecule has 2 saturated heterocycles. The summed E-state index contributed by atoms with van der Waals surface area (Å²) in [7, 11) is 0. The van der Waals surface area contributed by atoms with Gasteiger partial charge in [0.05, 0.1) is 37.1 Å². The first kappa shape index (κ1) is 28.3. The Morgan fingerprint density at radius 2 is 1.73 bits per heavy atom. The van der Waals surface area contributed by atoms with E-state index in [2.05, 4.69) is 20.5 Å². The van der Waals surface area contributed by atoms with Crippen LogP contribution in [0.15, 0.2) is 42.7 Å². The molecule has 12 heteroatoms.